The Morgan fingerprint density at radius 1 is 1.33 bits per heavy atom. The standard InChI is InChI=1S/C13H11N3OS/c14-10-1-2-12-11(5-10)13(17)16(8-15-12)6-9-3-4-18-7-9/h1-5,7-8H,6,14H2. The molecule has 3 rings (SSSR count). The summed E-state index contributed by atoms with van der Waals surface area (Å²) in [6, 6.07) is 7.19. The van der Waals surface area contributed by atoms with Gasteiger partial charge in [0.05, 0.1) is 23.8 Å². The minimum absolute atomic E-state index is 0.0569. The van der Waals surface area contributed by atoms with Crippen molar-refractivity contribution in [3.63, 3.8) is 0 Å². The molecule has 0 fully saturated rings. The van der Waals surface area contributed by atoms with E-state index in [0.717, 1.165) is 5.56 Å². The first-order valence-corrected chi connectivity index (χ1v) is 6.44. The van der Waals surface area contributed by atoms with Gasteiger partial charge in [0.15, 0.2) is 0 Å². The molecule has 0 amide bonds. The van der Waals surface area contributed by atoms with E-state index in [-0.39, 0.29) is 5.56 Å². The Kier molecular flexibility index (Phi) is 2.60. The fourth-order valence-corrected chi connectivity index (χ4v) is 2.53. The number of aromatic nitrogens is 2. The Bertz CT molecular complexity index is 747. The van der Waals surface area contributed by atoms with Crippen LogP contribution in [0.3, 0.4) is 0 Å². The number of fused-ring (bicyclic) bond motifs is 1. The van der Waals surface area contributed by atoms with Crippen molar-refractivity contribution in [2.75, 3.05) is 5.73 Å². The van der Waals surface area contributed by atoms with Crippen molar-refractivity contribution in [1.82, 2.24) is 9.55 Å². The normalized spacial score (nSPS) is 10.9. The van der Waals surface area contributed by atoms with Crippen LogP contribution in [0.1, 0.15) is 5.56 Å². The topological polar surface area (TPSA) is 60.9 Å². The highest BCUT2D eigenvalue weighted by molar-refractivity contribution is 7.07. The van der Waals surface area contributed by atoms with Crippen molar-refractivity contribution in [2.45, 2.75) is 6.54 Å². The van der Waals surface area contributed by atoms with Gasteiger partial charge in [-0.1, -0.05) is 0 Å². The van der Waals surface area contributed by atoms with E-state index in [1.807, 2.05) is 16.8 Å². The van der Waals surface area contributed by atoms with Crippen molar-refractivity contribution >= 4 is 27.9 Å². The first-order chi connectivity index (χ1) is 8.74. The van der Waals surface area contributed by atoms with Crippen molar-refractivity contribution in [1.29, 1.82) is 0 Å². The third kappa shape index (κ3) is 1.89. The summed E-state index contributed by atoms with van der Waals surface area (Å²) in [5, 5.41) is 4.58. The minimum atomic E-state index is -0.0569. The lowest BCUT2D eigenvalue weighted by Gasteiger charge is -2.05. The number of rotatable bonds is 2. The second-order valence-corrected chi connectivity index (χ2v) is 4.87. The van der Waals surface area contributed by atoms with Crippen molar-refractivity contribution in [3.8, 4) is 0 Å². The van der Waals surface area contributed by atoms with Gasteiger partial charge in [0.1, 0.15) is 0 Å². The fraction of sp³-hybridized carbons (Fsp3) is 0.0769. The van der Waals surface area contributed by atoms with Gasteiger partial charge in [-0.25, -0.2) is 4.98 Å². The molecule has 1 aromatic carbocycles. The van der Waals surface area contributed by atoms with Gasteiger partial charge in [-0.15, -0.1) is 0 Å². The van der Waals surface area contributed by atoms with Crippen molar-refractivity contribution < 1.29 is 0 Å². The van der Waals surface area contributed by atoms with E-state index in [0.29, 0.717) is 23.1 Å². The number of nitrogens with zero attached hydrogens (tertiary/aromatic N) is 2. The molecule has 0 bridgehead atoms. The van der Waals surface area contributed by atoms with Crippen LogP contribution in [0.15, 0.2) is 46.1 Å². The number of nitrogen functional groups attached to an aromatic ring is 1. The number of hydrogen-bond acceptors (Lipinski definition) is 4. The number of hydrogen-bond donors (Lipinski definition) is 1. The Balaban J connectivity index is 2.14. The van der Waals surface area contributed by atoms with E-state index in [1.54, 1.807) is 40.4 Å². The van der Waals surface area contributed by atoms with E-state index in [9.17, 15) is 4.79 Å². The molecule has 0 radical (unpaired) electrons. The Hall–Kier alpha value is -2.14. The van der Waals surface area contributed by atoms with Crippen LogP contribution in [0.2, 0.25) is 0 Å². The second kappa shape index (κ2) is 4.27. The SMILES string of the molecule is Nc1ccc2ncn(Cc3ccsc3)c(=O)c2c1. The third-order valence-electron chi connectivity index (χ3n) is 2.78. The lowest BCUT2D eigenvalue weighted by atomic mass is 10.2. The van der Waals surface area contributed by atoms with Crippen LogP contribution in [0.4, 0.5) is 5.69 Å². The zero-order valence-electron chi connectivity index (χ0n) is 9.54. The largest absolute Gasteiger partial charge is 0.399 e. The van der Waals surface area contributed by atoms with Gasteiger partial charge in [0.25, 0.3) is 5.56 Å². The highest BCUT2D eigenvalue weighted by Crippen LogP contribution is 2.12. The number of anilines is 1. The van der Waals surface area contributed by atoms with Gasteiger partial charge in [-0.3, -0.25) is 9.36 Å². The van der Waals surface area contributed by atoms with Crippen LogP contribution in [0.5, 0.6) is 0 Å². The highest BCUT2D eigenvalue weighted by atomic mass is 32.1. The summed E-state index contributed by atoms with van der Waals surface area (Å²) in [6.45, 7) is 0.542. The molecule has 0 unspecified atom stereocenters. The molecule has 4 nitrogen and oxygen atoms in total. The molecule has 2 aromatic heterocycles. The third-order valence-corrected chi connectivity index (χ3v) is 3.51. The minimum Gasteiger partial charge on any atom is -0.399 e. The van der Waals surface area contributed by atoms with E-state index < -0.39 is 0 Å². The van der Waals surface area contributed by atoms with E-state index in [1.165, 1.54) is 0 Å². The smallest absolute Gasteiger partial charge is 0.261 e. The van der Waals surface area contributed by atoms with Crippen LogP contribution in [0.25, 0.3) is 10.9 Å². The van der Waals surface area contributed by atoms with E-state index in [4.69, 9.17) is 5.73 Å². The van der Waals surface area contributed by atoms with Gasteiger partial charge in [-0.05, 0) is 40.6 Å². The maximum Gasteiger partial charge on any atom is 0.261 e. The maximum atomic E-state index is 12.3. The number of thiophene rings is 1. The summed E-state index contributed by atoms with van der Waals surface area (Å²) in [4.78, 5) is 16.6. The zero-order chi connectivity index (χ0) is 12.5. The van der Waals surface area contributed by atoms with Crippen LogP contribution < -0.4 is 11.3 Å². The van der Waals surface area contributed by atoms with Crippen LogP contribution >= 0.6 is 11.3 Å². The summed E-state index contributed by atoms with van der Waals surface area (Å²) in [5.41, 5.74) is 8.01. The predicted octanol–water partition coefficient (Wildman–Crippen LogP) is 2.09. The lowest BCUT2D eigenvalue weighted by Crippen LogP contribution is -2.21. The molecule has 0 saturated heterocycles. The predicted molar refractivity (Wildman–Crippen MR) is 73.8 cm³/mol. The molecule has 18 heavy (non-hydrogen) atoms. The second-order valence-electron chi connectivity index (χ2n) is 4.09. The van der Waals surface area contributed by atoms with Gasteiger partial charge in [0.2, 0.25) is 0 Å². The summed E-state index contributed by atoms with van der Waals surface area (Å²) < 4.78 is 1.60. The fourth-order valence-electron chi connectivity index (χ4n) is 1.87. The van der Waals surface area contributed by atoms with Gasteiger partial charge in [-0.2, -0.15) is 11.3 Å². The van der Waals surface area contributed by atoms with Crippen molar-refractivity contribution in [3.05, 3.63) is 57.3 Å². The van der Waals surface area contributed by atoms with Gasteiger partial charge in [0, 0.05) is 5.69 Å². The summed E-state index contributed by atoms with van der Waals surface area (Å²) in [5.74, 6) is 0. The number of benzene rings is 1. The Morgan fingerprint density at radius 3 is 3.00 bits per heavy atom. The summed E-state index contributed by atoms with van der Waals surface area (Å²) in [6.07, 6.45) is 1.58. The van der Waals surface area contributed by atoms with Gasteiger partial charge >= 0.3 is 0 Å². The zero-order valence-corrected chi connectivity index (χ0v) is 10.4. The Morgan fingerprint density at radius 2 is 2.22 bits per heavy atom. The average molecular weight is 257 g/mol. The first-order valence-electron chi connectivity index (χ1n) is 5.50. The molecule has 0 saturated carbocycles. The molecule has 3 aromatic rings. The quantitative estimate of drug-likeness (QED) is 0.715. The van der Waals surface area contributed by atoms with Crippen LogP contribution in [-0.4, -0.2) is 9.55 Å². The molecule has 0 spiro atoms. The molecular formula is C13H11N3OS. The summed E-state index contributed by atoms with van der Waals surface area (Å²) >= 11 is 1.61. The highest BCUT2D eigenvalue weighted by Gasteiger charge is 2.05. The first kappa shape index (κ1) is 11.0. The molecule has 0 aliphatic rings. The molecule has 0 aliphatic heterocycles. The van der Waals surface area contributed by atoms with Crippen molar-refractivity contribution in [2.24, 2.45) is 0 Å². The van der Waals surface area contributed by atoms with Gasteiger partial charge < -0.3 is 5.73 Å². The molecule has 0 aliphatic carbocycles. The maximum absolute atomic E-state index is 12.3. The molecular weight excluding hydrogens is 246 g/mol. The summed E-state index contributed by atoms with van der Waals surface area (Å²) in [7, 11) is 0. The van der Waals surface area contributed by atoms with Crippen LogP contribution in [0, 0.1) is 0 Å². The van der Waals surface area contributed by atoms with Crippen LogP contribution in [-0.2, 0) is 6.54 Å². The molecule has 2 heterocycles. The molecule has 90 valence electrons. The number of nitrogens with two attached hydrogens (primary N) is 1. The Labute approximate surface area is 107 Å². The molecule has 5 heteroatoms. The molecule has 0 atom stereocenters. The van der Waals surface area contributed by atoms with E-state index >= 15 is 0 Å². The monoisotopic (exact) mass is 257 g/mol. The average Bonchev–Trinajstić information content (AvgIpc) is 2.86. The van der Waals surface area contributed by atoms with E-state index in [2.05, 4.69) is 4.98 Å². The lowest BCUT2D eigenvalue weighted by molar-refractivity contribution is 0.750. The molecule has 2 N–H and O–H groups in total.